The van der Waals surface area contributed by atoms with E-state index in [0.717, 1.165) is 33.1 Å². The van der Waals surface area contributed by atoms with E-state index in [-0.39, 0.29) is 0 Å². The first-order valence-electron chi connectivity index (χ1n) is 5.90. The second-order valence-corrected chi connectivity index (χ2v) is 6.76. The molecule has 4 heteroatoms. The zero-order valence-corrected chi connectivity index (χ0v) is 12.9. The Morgan fingerprint density at radius 2 is 1.95 bits per heavy atom. The van der Waals surface area contributed by atoms with Crippen molar-refractivity contribution in [1.82, 2.24) is 0 Å². The second kappa shape index (κ2) is 5.38. The molecule has 1 aliphatic rings. The van der Waals surface area contributed by atoms with Crippen molar-refractivity contribution < 1.29 is 4.74 Å². The van der Waals surface area contributed by atoms with Crippen LogP contribution in [0.3, 0.4) is 0 Å². The summed E-state index contributed by atoms with van der Waals surface area (Å²) in [5.74, 6) is 0.870. The summed E-state index contributed by atoms with van der Waals surface area (Å²) in [6.45, 7) is 0. The van der Waals surface area contributed by atoms with Crippen molar-refractivity contribution in [3.05, 3.63) is 53.1 Å². The van der Waals surface area contributed by atoms with Gasteiger partial charge in [0.15, 0.2) is 0 Å². The minimum absolute atomic E-state index is 0.428. The molecule has 19 heavy (non-hydrogen) atoms. The number of hydrogen-bond donors (Lipinski definition) is 0. The van der Waals surface area contributed by atoms with Crippen LogP contribution in [0, 0.1) is 0 Å². The molecule has 0 bridgehead atoms. The molecule has 2 aromatic carbocycles. The molecule has 0 saturated carbocycles. The molecule has 0 aromatic heterocycles. The molecule has 0 saturated heterocycles. The van der Waals surface area contributed by atoms with E-state index in [9.17, 15) is 0 Å². The zero-order valence-electron chi connectivity index (χ0n) is 10.4. The van der Waals surface area contributed by atoms with Gasteiger partial charge in [0.25, 0.3) is 0 Å². The number of halogens is 1. The van der Waals surface area contributed by atoms with Crippen LogP contribution in [0.15, 0.2) is 47.5 Å². The van der Waals surface area contributed by atoms with E-state index in [1.54, 1.807) is 7.11 Å². The van der Waals surface area contributed by atoms with Gasteiger partial charge in [-0.05, 0) is 0 Å². The number of benzene rings is 2. The molecule has 0 unspecified atom stereocenters. The van der Waals surface area contributed by atoms with E-state index in [2.05, 4.69) is 18.2 Å². The third-order valence-electron chi connectivity index (χ3n) is 2.96. The molecule has 0 N–H and O–H groups in total. The number of rotatable bonds is 2. The molecule has 2 aromatic rings. The Balaban J connectivity index is 1.97. The Morgan fingerprint density at radius 1 is 1.16 bits per heavy atom. The van der Waals surface area contributed by atoms with Crippen LogP contribution in [-0.2, 0) is 0 Å². The Morgan fingerprint density at radius 3 is 2.68 bits per heavy atom. The molecule has 1 heterocycles. The fourth-order valence-corrected chi connectivity index (χ4v) is 4.09. The number of hydrogen-bond acceptors (Lipinski definition) is 2. The molecule has 0 atom stereocenters. The Labute approximate surface area is 123 Å². The summed E-state index contributed by atoms with van der Waals surface area (Å²) >= 11 is 6.46. The van der Waals surface area contributed by atoms with Crippen LogP contribution in [0.4, 0.5) is 5.69 Å². The van der Waals surface area contributed by atoms with Crippen LogP contribution in [0.25, 0.3) is 0 Å². The minimum atomic E-state index is 0.428. The predicted octanol–water partition coefficient (Wildman–Crippen LogP) is 3.23. The second-order valence-electron chi connectivity index (χ2n) is 4.19. The van der Waals surface area contributed by atoms with Crippen molar-refractivity contribution in [3.8, 4) is 5.75 Å². The van der Waals surface area contributed by atoms with Gasteiger partial charge in [-0.2, -0.15) is 0 Å². The molecule has 0 fully saturated rings. The summed E-state index contributed by atoms with van der Waals surface area (Å²) in [4.78, 5) is 4.74. The van der Waals surface area contributed by atoms with Crippen LogP contribution in [-0.4, -0.2) is 27.8 Å². The quantitative estimate of drug-likeness (QED) is 0.772. The van der Waals surface area contributed by atoms with E-state index >= 15 is 0 Å². The summed E-state index contributed by atoms with van der Waals surface area (Å²) in [6.07, 6.45) is 0. The molecule has 0 aliphatic carbocycles. The van der Waals surface area contributed by atoms with Crippen LogP contribution in [0.2, 0.25) is 10.3 Å². The fourth-order valence-electron chi connectivity index (χ4n) is 1.96. The third kappa shape index (κ3) is 2.69. The van der Waals surface area contributed by atoms with Crippen molar-refractivity contribution in [2.45, 2.75) is 5.32 Å². The third-order valence-corrected chi connectivity index (χ3v) is 5.45. The fraction of sp³-hybridized carbons (Fsp3) is 0.133. The summed E-state index contributed by atoms with van der Waals surface area (Å²) in [7, 11) is 1.68. The van der Waals surface area contributed by atoms with Gasteiger partial charge in [0.05, 0.1) is 0 Å². The molecule has 1 aliphatic heterocycles. The number of nitrogens with zero attached hydrogens (tertiary/aromatic N) is 1. The Bertz CT molecular complexity index is 637. The van der Waals surface area contributed by atoms with Gasteiger partial charge in [-0.3, -0.25) is 0 Å². The summed E-state index contributed by atoms with van der Waals surface area (Å²) < 4.78 is 6.50. The predicted molar refractivity (Wildman–Crippen MR) is 80.8 cm³/mol. The monoisotopic (exact) mass is 337 g/mol. The molecule has 0 spiro atoms. The Kier molecular flexibility index (Phi) is 3.60. The van der Waals surface area contributed by atoms with Gasteiger partial charge in [-0.15, -0.1) is 0 Å². The van der Waals surface area contributed by atoms with E-state index in [1.165, 1.54) is 4.46 Å². The van der Waals surface area contributed by atoms with Crippen molar-refractivity contribution in [2.24, 2.45) is 4.99 Å². The van der Waals surface area contributed by atoms with E-state index in [0.29, 0.717) is 15.0 Å². The van der Waals surface area contributed by atoms with Crippen molar-refractivity contribution in [1.29, 1.82) is 0 Å². The summed E-state index contributed by atoms with van der Waals surface area (Å²) in [6, 6.07) is 14.0. The van der Waals surface area contributed by atoms with Crippen LogP contribution >= 0.6 is 11.6 Å². The zero-order chi connectivity index (χ0) is 13.2. The first kappa shape index (κ1) is 12.7. The summed E-state index contributed by atoms with van der Waals surface area (Å²) in [5, 5.41) is 1.77. The number of ether oxygens (including phenoxy) is 1. The molecule has 0 amide bonds. The SMILES string of the molecule is COc1ccc(C2=Nc3cc(Cl)ccc3[Se]C2)cc1. The maximum atomic E-state index is 6.03. The van der Waals surface area contributed by atoms with Gasteiger partial charge in [-0.25, -0.2) is 0 Å². The summed E-state index contributed by atoms with van der Waals surface area (Å²) in [5.41, 5.74) is 3.32. The Hall–Kier alpha value is -1.28. The topological polar surface area (TPSA) is 21.6 Å². The molecular weight excluding hydrogens is 325 g/mol. The maximum absolute atomic E-state index is 6.03. The van der Waals surface area contributed by atoms with E-state index in [4.69, 9.17) is 21.3 Å². The van der Waals surface area contributed by atoms with Crippen LogP contribution in [0.5, 0.6) is 5.75 Å². The standard InChI is InChI=1S/C15H12ClNOSe/c1-18-12-5-2-10(3-6-12)14-9-19-15-7-4-11(16)8-13(15)17-14/h2-8H,9H2,1H3. The molecule has 2 nitrogen and oxygen atoms in total. The van der Waals surface area contributed by atoms with E-state index in [1.807, 2.05) is 24.3 Å². The van der Waals surface area contributed by atoms with Crippen molar-refractivity contribution in [3.63, 3.8) is 0 Å². The van der Waals surface area contributed by atoms with Gasteiger partial charge in [0, 0.05) is 0 Å². The van der Waals surface area contributed by atoms with Gasteiger partial charge < -0.3 is 0 Å². The van der Waals surface area contributed by atoms with E-state index < -0.39 is 0 Å². The molecule has 0 radical (unpaired) electrons. The average Bonchev–Trinajstić information content (AvgIpc) is 2.46. The normalized spacial score (nSPS) is 13.7. The van der Waals surface area contributed by atoms with Gasteiger partial charge in [-0.1, -0.05) is 0 Å². The molecule has 3 rings (SSSR count). The van der Waals surface area contributed by atoms with Crippen molar-refractivity contribution >= 4 is 42.4 Å². The number of aliphatic imine (C=N–C) groups is 1. The molecule has 96 valence electrons. The van der Waals surface area contributed by atoms with Crippen LogP contribution in [0.1, 0.15) is 5.56 Å². The first-order chi connectivity index (χ1) is 9.26. The molecular formula is C15H12ClNOSe. The van der Waals surface area contributed by atoms with Crippen molar-refractivity contribution in [2.75, 3.05) is 7.11 Å². The number of methoxy groups -OCH3 is 1. The van der Waals surface area contributed by atoms with Gasteiger partial charge in [0.1, 0.15) is 0 Å². The van der Waals surface area contributed by atoms with Crippen LogP contribution < -0.4 is 9.20 Å². The van der Waals surface area contributed by atoms with Gasteiger partial charge >= 0.3 is 123 Å². The van der Waals surface area contributed by atoms with Gasteiger partial charge in [0.2, 0.25) is 0 Å². The first-order valence-corrected chi connectivity index (χ1v) is 8.35. The number of fused-ring (bicyclic) bond motifs is 1. The average molecular weight is 337 g/mol.